The molecular weight excluding hydrogens is 265 g/mol. The van der Waals surface area contributed by atoms with Crippen LogP contribution >= 0.6 is 11.6 Å². The van der Waals surface area contributed by atoms with Crippen LogP contribution < -0.4 is 4.90 Å². The van der Waals surface area contributed by atoms with Crippen LogP contribution in [-0.2, 0) is 12.9 Å². The highest BCUT2D eigenvalue weighted by atomic mass is 35.5. The van der Waals surface area contributed by atoms with E-state index in [2.05, 4.69) is 5.10 Å². The van der Waals surface area contributed by atoms with Crippen molar-refractivity contribution in [2.45, 2.75) is 19.7 Å². The van der Waals surface area contributed by atoms with Gasteiger partial charge in [0.05, 0.1) is 17.3 Å². The number of hydrogen-bond donors (Lipinski definition) is 0. The Bertz CT molecular complexity index is 580. The summed E-state index contributed by atoms with van der Waals surface area (Å²) in [6, 6.07) is 6.73. The Kier molecular flexibility index (Phi) is 4.10. The Hall–Kier alpha value is -1.55. The van der Waals surface area contributed by atoms with Crippen molar-refractivity contribution in [3.63, 3.8) is 0 Å². The first-order valence-electron chi connectivity index (χ1n) is 6.20. The highest BCUT2D eigenvalue weighted by Crippen LogP contribution is 2.32. The third-order valence-corrected chi connectivity index (χ3v) is 3.43. The number of halogens is 2. The molecule has 0 saturated carbocycles. The Balaban J connectivity index is 2.58. The average molecular weight is 282 g/mol. The maximum atomic E-state index is 14.0. The molecule has 19 heavy (non-hydrogen) atoms. The first-order valence-corrected chi connectivity index (χ1v) is 6.74. The summed E-state index contributed by atoms with van der Waals surface area (Å²) in [7, 11) is 1.85. The number of alkyl halides is 1. The summed E-state index contributed by atoms with van der Waals surface area (Å²) in [4.78, 5) is 1.90. The van der Waals surface area contributed by atoms with Crippen LogP contribution in [0.15, 0.2) is 24.3 Å². The van der Waals surface area contributed by atoms with Crippen LogP contribution in [0.25, 0.3) is 0 Å². The normalized spacial score (nSPS) is 10.8. The molecule has 1 heterocycles. The smallest absolute Gasteiger partial charge is 0.146 e. The first-order chi connectivity index (χ1) is 9.10. The summed E-state index contributed by atoms with van der Waals surface area (Å²) >= 11 is 6.01. The van der Waals surface area contributed by atoms with Crippen molar-refractivity contribution < 1.29 is 4.39 Å². The largest absolute Gasteiger partial charge is 0.324 e. The summed E-state index contributed by atoms with van der Waals surface area (Å²) in [5.41, 5.74) is 2.36. The zero-order valence-electron chi connectivity index (χ0n) is 11.3. The molecule has 0 unspecified atom stereocenters. The standard InChI is InChI=1S/C14H17ClFN3/c1-4-19(13-8-6-5-7-12(13)16)14-11(9-15)10(2)17-18(14)3/h5-8H,4,9H2,1-3H3. The SMILES string of the molecule is CCN(c1ccccc1F)c1c(CCl)c(C)nn1C. The Labute approximate surface area is 117 Å². The lowest BCUT2D eigenvalue weighted by molar-refractivity contribution is 0.623. The summed E-state index contributed by atoms with van der Waals surface area (Å²) in [5.74, 6) is 0.962. The van der Waals surface area contributed by atoms with Gasteiger partial charge in [0.2, 0.25) is 0 Å². The average Bonchev–Trinajstić information content (AvgIpc) is 2.67. The van der Waals surface area contributed by atoms with Crippen molar-refractivity contribution in [1.82, 2.24) is 9.78 Å². The van der Waals surface area contributed by atoms with E-state index < -0.39 is 0 Å². The molecule has 0 atom stereocenters. The molecule has 0 amide bonds. The second kappa shape index (κ2) is 5.61. The molecule has 0 bridgehead atoms. The molecule has 0 N–H and O–H groups in total. The molecule has 5 heteroatoms. The monoisotopic (exact) mass is 281 g/mol. The number of para-hydroxylation sites is 1. The quantitative estimate of drug-likeness (QED) is 0.796. The van der Waals surface area contributed by atoms with Gasteiger partial charge in [-0.25, -0.2) is 4.39 Å². The number of aryl methyl sites for hydroxylation is 2. The van der Waals surface area contributed by atoms with Crippen LogP contribution in [0.5, 0.6) is 0 Å². The highest BCUT2D eigenvalue weighted by Gasteiger charge is 2.20. The van der Waals surface area contributed by atoms with Crippen molar-refractivity contribution in [1.29, 1.82) is 0 Å². The molecule has 1 aromatic carbocycles. The lowest BCUT2D eigenvalue weighted by Gasteiger charge is -2.24. The minimum absolute atomic E-state index is 0.247. The molecular formula is C14H17ClFN3. The van der Waals surface area contributed by atoms with E-state index in [4.69, 9.17) is 11.6 Å². The van der Waals surface area contributed by atoms with Gasteiger partial charge < -0.3 is 4.90 Å². The van der Waals surface area contributed by atoms with Crippen molar-refractivity contribution in [2.75, 3.05) is 11.4 Å². The van der Waals surface area contributed by atoms with Gasteiger partial charge in [-0.1, -0.05) is 12.1 Å². The van der Waals surface area contributed by atoms with Gasteiger partial charge >= 0.3 is 0 Å². The summed E-state index contributed by atoms with van der Waals surface area (Å²) < 4.78 is 15.7. The number of hydrogen-bond acceptors (Lipinski definition) is 2. The number of nitrogens with zero attached hydrogens (tertiary/aromatic N) is 3. The molecule has 0 aliphatic rings. The number of rotatable bonds is 4. The minimum Gasteiger partial charge on any atom is -0.324 e. The third kappa shape index (κ3) is 2.45. The summed E-state index contributed by atoms with van der Waals surface area (Å²) in [6.07, 6.45) is 0. The van der Waals surface area contributed by atoms with Gasteiger partial charge in [-0.2, -0.15) is 5.10 Å². The van der Waals surface area contributed by atoms with E-state index in [1.165, 1.54) is 6.07 Å². The maximum absolute atomic E-state index is 14.0. The van der Waals surface area contributed by atoms with Crippen LogP contribution in [0.2, 0.25) is 0 Å². The van der Waals surface area contributed by atoms with E-state index in [1.54, 1.807) is 16.8 Å². The van der Waals surface area contributed by atoms with E-state index in [9.17, 15) is 4.39 Å². The number of benzene rings is 1. The molecule has 0 aliphatic carbocycles. The maximum Gasteiger partial charge on any atom is 0.146 e. The second-order valence-corrected chi connectivity index (χ2v) is 4.61. The number of aromatic nitrogens is 2. The molecule has 102 valence electrons. The Morgan fingerprint density at radius 1 is 1.37 bits per heavy atom. The third-order valence-electron chi connectivity index (χ3n) is 3.16. The van der Waals surface area contributed by atoms with Crippen LogP contribution in [0.4, 0.5) is 15.9 Å². The van der Waals surface area contributed by atoms with Crippen LogP contribution in [0.3, 0.4) is 0 Å². The topological polar surface area (TPSA) is 21.1 Å². The molecule has 0 saturated heterocycles. The van der Waals surface area contributed by atoms with E-state index >= 15 is 0 Å². The highest BCUT2D eigenvalue weighted by molar-refractivity contribution is 6.17. The van der Waals surface area contributed by atoms with Crippen LogP contribution in [-0.4, -0.2) is 16.3 Å². The van der Waals surface area contributed by atoms with Crippen molar-refractivity contribution in [3.8, 4) is 0 Å². The molecule has 0 spiro atoms. The molecule has 0 radical (unpaired) electrons. The molecule has 0 fully saturated rings. The zero-order chi connectivity index (χ0) is 14.0. The Morgan fingerprint density at radius 2 is 2.05 bits per heavy atom. The van der Waals surface area contributed by atoms with Gasteiger partial charge in [-0.05, 0) is 26.0 Å². The van der Waals surface area contributed by atoms with Crippen LogP contribution in [0.1, 0.15) is 18.2 Å². The van der Waals surface area contributed by atoms with Crippen molar-refractivity contribution in [2.24, 2.45) is 7.05 Å². The predicted octanol–water partition coefficient (Wildman–Crippen LogP) is 3.76. The van der Waals surface area contributed by atoms with Gasteiger partial charge in [0, 0.05) is 19.2 Å². The molecule has 3 nitrogen and oxygen atoms in total. The lowest BCUT2D eigenvalue weighted by atomic mass is 10.2. The first kappa shape index (κ1) is 13.9. The summed E-state index contributed by atoms with van der Waals surface area (Å²) in [5, 5.41) is 4.37. The van der Waals surface area contributed by atoms with Crippen LogP contribution in [0, 0.1) is 12.7 Å². The lowest BCUT2D eigenvalue weighted by Crippen LogP contribution is -2.21. The fourth-order valence-corrected chi connectivity index (χ4v) is 2.60. The van der Waals surface area contributed by atoms with E-state index in [0.29, 0.717) is 18.1 Å². The molecule has 2 aromatic rings. The van der Waals surface area contributed by atoms with E-state index in [0.717, 1.165) is 17.1 Å². The van der Waals surface area contributed by atoms with Crippen molar-refractivity contribution in [3.05, 3.63) is 41.3 Å². The van der Waals surface area contributed by atoms with Gasteiger partial charge in [0.1, 0.15) is 11.6 Å². The van der Waals surface area contributed by atoms with Gasteiger partial charge in [0.25, 0.3) is 0 Å². The van der Waals surface area contributed by atoms with Gasteiger partial charge in [-0.15, -0.1) is 11.6 Å². The van der Waals surface area contributed by atoms with Gasteiger partial charge in [-0.3, -0.25) is 4.68 Å². The second-order valence-electron chi connectivity index (χ2n) is 4.34. The zero-order valence-corrected chi connectivity index (χ0v) is 12.1. The fourth-order valence-electron chi connectivity index (χ4n) is 2.29. The molecule has 1 aromatic heterocycles. The summed E-state index contributed by atoms with van der Waals surface area (Å²) in [6.45, 7) is 4.53. The van der Waals surface area contributed by atoms with E-state index in [1.807, 2.05) is 31.9 Å². The Morgan fingerprint density at radius 3 is 2.63 bits per heavy atom. The molecule has 2 rings (SSSR count). The predicted molar refractivity (Wildman–Crippen MR) is 76.6 cm³/mol. The van der Waals surface area contributed by atoms with Gasteiger partial charge in [0.15, 0.2) is 0 Å². The minimum atomic E-state index is -0.247. The van der Waals surface area contributed by atoms with Crippen molar-refractivity contribution >= 4 is 23.1 Å². The van der Waals surface area contributed by atoms with E-state index in [-0.39, 0.29) is 5.82 Å². The fraction of sp³-hybridized carbons (Fsp3) is 0.357. The number of anilines is 2. The molecule has 0 aliphatic heterocycles.